The number of allylic oxidation sites excluding steroid dienone is 4. The Morgan fingerprint density at radius 3 is 1.30 bits per heavy atom. The zero-order valence-corrected chi connectivity index (χ0v) is 33.8. The zero-order chi connectivity index (χ0) is 37.6. The van der Waals surface area contributed by atoms with Crippen molar-refractivity contribution in [2.24, 2.45) is 5.41 Å². The molecule has 3 aromatic rings. The van der Waals surface area contributed by atoms with Gasteiger partial charge in [0.1, 0.15) is 17.2 Å². The number of phenolic OH excluding ortho intramolecular Hbond substituents is 2. The SMILES string of the molecule is C/C(=C\C1=C(\O[13CH3])CCc2cc(C(C)(C)C)cc(c2O)Cc2cc(C(C)(C)C)cc(c2O[13CH3])Cc2cc(C(C)(C)C)cc(c2O)C1)C(C)(C)C. The van der Waals surface area contributed by atoms with Gasteiger partial charge in [-0.15, -0.1) is 0 Å². The summed E-state index contributed by atoms with van der Waals surface area (Å²) in [5, 5.41) is 24.1. The molecular weight excluding hydrogens is 618 g/mol. The van der Waals surface area contributed by atoms with E-state index < -0.39 is 0 Å². The van der Waals surface area contributed by atoms with Crippen LogP contribution in [0.15, 0.2) is 59.4 Å². The van der Waals surface area contributed by atoms with E-state index in [2.05, 4.69) is 132 Å². The van der Waals surface area contributed by atoms with Crippen LogP contribution in [0.4, 0.5) is 0 Å². The van der Waals surface area contributed by atoms with Gasteiger partial charge >= 0.3 is 0 Å². The molecule has 0 radical (unpaired) electrons. The highest BCUT2D eigenvalue weighted by molar-refractivity contribution is 5.56. The second-order valence-electron chi connectivity index (χ2n) is 18.6. The molecule has 0 heterocycles. The molecule has 0 saturated heterocycles. The second-order valence-corrected chi connectivity index (χ2v) is 18.6. The van der Waals surface area contributed by atoms with Crippen molar-refractivity contribution in [3.63, 3.8) is 0 Å². The third kappa shape index (κ3) is 8.79. The molecule has 0 aromatic heterocycles. The van der Waals surface area contributed by atoms with Gasteiger partial charge in [-0.05, 0) is 90.6 Å². The quantitative estimate of drug-likeness (QED) is 0.270. The summed E-state index contributed by atoms with van der Waals surface area (Å²) < 4.78 is 12.4. The minimum absolute atomic E-state index is 0.0396. The molecule has 272 valence electrons. The molecule has 1 aliphatic carbocycles. The molecule has 0 amide bonds. The van der Waals surface area contributed by atoms with Crippen molar-refractivity contribution in [2.45, 2.75) is 138 Å². The summed E-state index contributed by atoms with van der Waals surface area (Å²) in [6.45, 7) is 28.9. The van der Waals surface area contributed by atoms with Crippen LogP contribution in [0.3, 0.4) is 0 Å². The predicted molar refractivity (Wildman–Crippen MR) is 210 cm³/mol. The van der Waals surface area contributed by atoms with Crippen LogP contribution in [0.2, 0.25) is 0 Å². The summed E-state index contributed by atoms with van der Waals surface area (Å²) in [6, 6.07) is 13.2. The van der Waals surface area contributed by atoms with Gasteiger partial charge in [0, 0.05) is 25.7 Å². The summed E-state index contributed by atoms with van der Waals surface area (Å²) in [4.78, 5) is 0. The van der Waals surface area contributed by atoms with E-state index in [4.69, 9.17) is 9.47 Å². The third-order valence-corrected chi connectivity index (χ3v) is 10.5. The Balaban J connectivity index is 2.15. The lowest BCUT2D eigenvalue weighted by atomic mass is 9.80. The van der Waals surface area contributed by atoms with Gasteiger partial charge in [0.25, 0.3) is 0 Å². The average Bonchev–Trinajstić information content (AvgIpc) is 2.98. The molecule has 4 nitrogen and oxygen atoms in total. The minimum atomic E-state index is -0.128. The van der Waals surface area contributed by atoms with E-state index in [1.54, 1.807) is 14.2 Å². The van der Waals surface area contributed by atoms with E-state index >= 15 is 0 Å². The molecule has 0 unspecified atom stereocenters. The maximum atomic E-state index is 12.1. The monoisotopic (exact) mass is 682 g/mol. The van der Waals surface area contributed by atoms with Gasteiger partial charge in [0.15, 0.2) is 0 Å². The van der Waals surface area contributed by atoms with Crippen LogP contribution < -0.4 is 4.74 Å². The number of rotatable bonds is 3. The summed E-state index contributed by atoms with van der Waals surface area (Å²) in [5.74, 6) is 2.33. The number of hydrogen-bond acceptors (Lipinski definition) is 4. The number of methoxy groups -OCH3 is 2. The fraction of sp³-hybridized carbons (Fsp3) is 0.522. The fourth-order valence-corrected chi connectivity index (χ4v) is 6.66. The number of benzene rings is 3. The lowest BCUT2D eigenvalue weighted by Gasteiger charge is -2.27. The van der Waals surface area contributed by atoms with E-state index in [0.717, 1.165) is 50.5 Å². The van der Waals surface area contributed by atoms with Crippen molar-refractivity contribution in [1.82, 2.24) is 0 Å². The molecule has 0 saturated carbocycles. The lowest BCUT2D eigenvalue weighted by molar-refractivity contribution is 0.272. The zero-order valence-electron chi connectivity index (χ0n) is 33.8. The summed E-state index contributed by atoms with van der Waals surface area (Å²) in [5.41, 5.74) is 11.1. The minimum Gasteiger partial charge on any atom is -0.507 e. The molecule has 0 atom stereocenters. The standard InChI is InChI=1S/C46H64O4/c1-28(43(2,3)4)18-30-19-31-23-37(45(8,9)10)25-33(41(31)48)21-35-27-38(46(11,12)13)26-34(42(35)50-15)20-32-24-36(44(5,6)7)22-29(40(32)47)16-17-39(30)49-14/h18,22-27,47-48H,16-17,19-21H2,1-15H3/b28-18+,39-30-/i14+1,15+1. The normalized spacial score (nSPS) is 16.7. The Morgan fingerprint density at radius 2 is 0.920 bits per heavy atom. The van der Waals surface area contributed by atoms with E-state index in [1.807, 2.05) is 0 Å². The molecule has 50 heavy (non-hydrogen) atoms. The molecule has 6 bridgehead atoms. The predicted octanol–water partition coefficient (Wildman–Crippen LogP) is 11.6. The maximum absolute atomic E-state index is 12.1. The van der Waals surface area contributed by atoms with Gasteiger partial charge in [-0.2, -0.15) is 0 Å². The highest BCUT2D eigenvalue weighted by atomic mass is 16.5. The molecule has 0 spiro atoms. The van der Waals surface area contributed by atoms with E-state index in [0.29, 0.717) is 43.6 Å². The number of ether oxygens (including phenoxy) is 2. The fourth-order valence-electron chi connectivity index (χ4n) is 6.66. The largest absolute Gasteiger partial charge is 0.507 e. The van der Waals surface area contributed by atoms with Gasteiger partial charge in [-0.3, -0.25) is 0 Å². The summed E-state index contributed by atoms with van der Waals surface area (Å²) in [6.07, 6.45) is 5.03. The smallest absolute Gasteiger partial charge is 0.125 e. The van der Waals surface area contributed by atoms with Crippen LogP contribution in [0.25, 0.3) is 0 Å². The van der Waals surface area contributed by atoms with Gasteiger partial charge in [0.05, 0.1) is 20.0 Å². The van der Waals surface area contributed by atoms with Crippen LogP contribution in [-0.2, 0) is 46.7 Å². The number of phenols is 2. The molecule has 0 fully saturated rings. The van der Waals surface area contributed by atoms with Gasteiger partial charge in [-0.25, -0.2) is 0 Å². The van der Waals surface area contributed by atoms with Gasteiger partial charge in [0.2, 0.25) is 0 Å². The average molecular weight is 683 g/mol. The molecule has 3 aromatic carbocycles. The first-order valence-electron chi connectivity index (χ1n) is 18.3. The first-order chi connectivity index (χ1) is 22.9. The number of fused-ring (bicyclic) bond motifs is 6. The highest BCUT2D eigenvalue weighted by Crippen LogP contribution is 2.42. The lowest BCUT2D eigenvalue weighted by Crippen LogP contribution is -2.15. The first kappa shape index (κ1) is 39.1. The van der Waals surface area contributed by atoms with Crippen LogP contribution in [0.5, 0.6) is 17.2 Å². The van der Waals surface area contributed by atoms with E-state index in [9.17, 15) is 10.2 Å². The topological polar surface area (TPSA) is 58.9 Å². The molecule has 4 rings (SSSR count). The van der Waals surface area contributed by atoms with Crippen LogP contribution in [0, 0.1) is 5.41 Å². The van der Waals surface area contributed by atoms with Crippen LogP contribution in [0.1, 0.15) is 147 Å². The van der Waals surface area contributed by atoms with Crippen molar-refractivity contribution in [3.05, 3.63) is 109 Å². The summed E-state index contributed by atoms with van der Waals surface area (Å²) >= 11 is 0. The van der Waals surface area contributed by atoms with Crippen LogP contribution >= 0.6 is 0 Å². The van der Waals surface area contributed by atoms with E-state index in [-0.39, 0.29) is 21.7 Å². The molecule has 2 N–H and O–H groups in total. The molecule has 0 aliphatic heterocycles. The number of aromatic hydroxyl groups is 2. The van der Waals surface area contributed by atoms with Crippen LogP contribution in [-0.4, -0.2) is 24.4 Å². The molecule has 1 aliphatic rings. The Bertz CT molecular complexity index is 1790. The Kier molecular flexibility index (Phi) is 11.1. The molecule has 4 heteroatoms. The van der Waals surface area contributed by atoms with Crippen molar-refractivity contribution >= 4 is 0 Å². The Labute approximate surface area is 303 Å². The molecular formula is C46H64O4. The maximum Gasteiger partial charge on any atom is 0.125 e. The van der Waals surface area contributed by atoms with Gasteiger partial charge < -0.3 is 19.7 Å². The third-order valence-electron chi connectivity index (χ3n) is 10.5. The Morgan fingerprint density at radius 1 is 0.540 bits per heavy atom. The highest BCUT2D eigenvalue weighted by Gasteiger charge is 2.27. The first-order valence-corrected chi connectivity index (χ1v) is 18.3. The van der Waals surface area contributed by atoms with Crippen molar-refractivity contribution in [1.29, 1.82) is 0 Å². The summed E-state index contributed by atoms with van der Waals surface area (Å²) in [7, 11) is 3.48. The van der Waals surface area contributed by atoms with E-state index in [1.165, 1.54) is 22.3 Å². The van der Waals surface area contributed by atoms with Crippen molar-refractivity contribution < 1.29 is 19.7 Å². The van der Waals surface area contributed by atoms with Crippen molar-refractivity contribution in [2.75, 3.05) is 14.2 Å². The van der Waals surface area contributed by atoms with Crippen molar-refractivity contribution in [3.8, 4) is 17.2 Å². The van der Waals surface area contributed by atoms with Gasteiger partial charge in [-0.1, -0.05) is 131 Å². The number of hydrogen-bond donors (Lipinski definition) is 2. The second kappa shape index (κ2) is 14.2. The Hall–Kier alpha value is -3.66. The number of aryl methyl sites for hydroxylation is 1.